The molecule has 0 radical (unpaired) electrons. The molecule has 2 aromatic heterocycles. The summed E-state index contributed by atoms with van der Waals surface area (Å²) in [6, 6.07) is 8.24. The van der Waals surface area contributed by atoms with Crippen LogP contribution in [0.5, 0.6) is 0 Å². The molecule has 2 aliphatic rings. The lowest BCUT2D eigenvalue weighted by Crippen LogP contribution is -2.23. The molecule has 0 spiro atoms. The lowest BCUT2D eigenvalue weighted by molar-refractivity contribution is -0.142. The highest BCUT2D eigenvalue weighted by Crippen LogP contribution is 2.47. The number of halogens is 2. The van der Waals surface area contributed by atoms with Crippen LogP contribution in [0.3, 0.4) is 0 Å². The van der Waals surface area contributed by atoms with Crippen LogP contribution in [-0.2, 0) is 9.53 Å². The van der Waals surface area contributed by atoms with Gasteiger partial charge in [0.1, 0.15) is 0 Å². The molecule has 1 aliphatic carbocycles. The van der Waals surface area contributed by atoms with E-state index in [-0.39, 0.29) is 17.8 Å². The number of nitrogens with one attached hydrogen (secondary N) is 1. The van der Waals surface area contributed by atoms with E-state index in [2.05, 4.69) is 26.9 Å². The third kappa shape index (κ3) is 3.80. The number of fused-ring (bicyclic) bond motifs is 2. The number of carboxylic acid groups (broad SMARTS) is 1. The van der Waals surface area contributed by atoms with Gasteiger partial charge in [-0.3, -0.25) is 9.89 Å². The Morgan fingerprint density at radius 1 is 1.00 bits per heavy atom. The fourth-order valence-electron chi connectivity index (χ4n) is 6.10. The number of ether oxygens (including phenoxy) is 1. The maximum absolute atomic E-state index is 14.4. The number of aromatic nitrogens is 3. The van der Waals surface area contributed by atoms with Gasteiger partial charge in [-0.15, -0.1) is 0 Å². The molecule has 35 heavy (non-hydrogen) atoms. The number of H-pyrrole nitrogens is 1. The summed E-state index contributed by atoms with van der Waals surface area (Å²) < 4.78 is 36.1. The fourth-order valence-corrected chi connectivity index (χ4v) is 6.10. The molecule has 0 unspecified atom stereocenters. The van der Waals surface area contributed by atoms with E-state index in [1.165, 1.54) is 17.7 Å². The van der Waals surface area contributed by atoms with Gasteiger partial charge in [-0.1, -0.05) is 0 Å². The van der Waals surface area contributed by atoms with E-state index in [4.69, 9.17) is 4.74 Å². The van der Waals surface area contributed by atoms with Crippen molar-refractivity contribution in [2.24, 2.45) is 5.92 Å². The predicted octanol–water partition coefficient (Wildman–Crippen LogP) is 6.04. The summed E-state index contributed by atoms with van der Waals surface area (Å²) in [6.07, 6.45) is 6.29. The van der Waals surface area contributed by atoms with Crippen molar-refractivity contribution in [3.63, 3.8) is 0 Å². The standard InChI is InChI=1S/C27H27F2N3O3/c28-21-6-5-19(12-22(21)29)32-24-11-18-14-30-31-23(18)13-20(24)25(26(32)16-7-9-35-10-8-16)15-1-3-17(4-2-15)27(33)34/h5-6,11-17H,1-4,7-10H2,(H,30,31)(H,33,34). The SMILES string of the molecule is O=C(O)C1CCC(c2c(C3CCOCC3)n(-c3ccc(F)c(F)c3)c3cc4cn[nH]c4cc23)CC1. The molecule has 1 aliphatic heterocycles. The fraction of sp³-hybridized carbons (Fsp3) is 0.407. The summed E-state index contributed by atoms with van der Waals surface area (Å²) in [4.78, 5) is 11.6. The Kier molecular flexibility index (Phi) is 5.56. The zero-order chi connectivity index (χ0) is 24.1. The Bertz CT molecular complexity index is 1410. The highest BCUT2D eigenvalue weighted by Gasteiger charge is 2.34. The summed E-state index contributed by atoms with van der Waals surface area (Å²) in [5, 5.41) is 18.8. The van der Waals surface area contributed by atoms with Crippen LogP contribution in [0.4, 0.5) is 8.78 Å². The minimum Gasteiger partial charge on any atom is -0.481 e. The van der Waals surface area contributed by atoms with Crippen molar-refractivity contribution in [3.05, 3.63) is 59.4 Å². The number of nitrogens with zero attached hydrogens (tertiary/aromatic N) is 2. The molecule has 0 atom stereocenters. The van der Waals surface area contributed by atoms with Gasteiger partial charge in [-0.25, -0.2) is 8.78 Å². The third-order valence-corrected chi connectivity index (χ3v) is 7.86. The number of rotatable bonds is 4. The first-order valence-electron chi connectivity index (χ1n) is 12.3. The van der Waals surface area contributed by atoms with Gasteiger partial charge in [0.25, 0.3) is 0 Å². The van der Waals surface area contributed by atoms with Crippen LogP contribution in [0.2, 0.25) is 0 Å². The maximum Gasteiger partial charge on any atom is 0.306 e. The number of benzene rings is 2. The summed E-state index contributed by atoms with van der Waals surface area (Å²) >= 11 is 0. The molecule has 6 rings (SSSR count). The molecule has 3 heterocycles. The second-order valence-corrected chi connectivity index (χ2v) is 9.83. The van der Waals surface area contributed by atoms with Crippen LogP contribution in [0, 0.1) is 17.6 Å². The topological polar surface area (TPSA) is 80.1 Å². The van der Waals surface area contributed by atoms with Crippen LogP contribution in [0.1, 0.15) is 61.6 Å². The van der Waals surface area contributed by atoms with Crippen molar-refractivity contribution in [1.29, 1.82) is 0 Å². The Balaban J connectivity index is 1.62. The maximum atomic E-state index is 14.4. The Hall–Kier alpha value is -3.26. The number of hydrogen-bond donors (Lipinski definition) is 2. The number of aliphatic carboxylic acids is 1. The minimum absolute atomic E-state index is 0.192. The molecular formula is C27H27F2N3O3. The van der Waals surface area contributed by atoms with Crippen LogP contribution >= 0.6 is 0 Å². The second kappa shape index (κ2) is 8.75. The Morgan fingerprint density at radius 2 is 1.77 bits per heavy atom. The van der Waals surface area contributed by atoms with Gasteiger partial charge in [0.15, 0.2) is 11.6 Å². The Morgan fingerprint density at radius 3 is 2.49 bits per heavy atom. The molecule has 6 nitrogen and oxygen atoms in total. The van der Waals surface area contributed by atoms with Crippen molar-refractivity contribution in [3.8, 4) is 5.69 Å². The smallest absolute Gasteiger partial charge is 0.306 e. The number of hydrogen-bond acceptors (Lipinski definition) is 3. The lowest BCUT2D eigenvalue weighted by atomic mass is 9.76. The summed E-state index contributed by atoms with van der Waals surface area (Å²) in [7, 11) is 0. The van der Waals surface area contributed by atoms with Gasteiger partial charge < -0.3 is 14.4 Å². The molecule has 0 bridgehead atoms. The van der Waals surface area contributed by atoms with Crippen molar-refractivity contribution >= 4 is 27.8 Å². The average Bonchev–Trinajstić information content (AvgIpc) is 3.46. The van der Waals surface area contributed by atoms with E-state index in [9.17, 15) is 18.7 Å². The first-order valence-corrected chi connectivity index (χ1v) is 12.3. The first-order chi connectivity index (χ1) is 17.0. The van der Waals surface area contributed by atoms with Crippen LogP contribution in [0.25, 0.3) is 27.5 Å². The zero-order valence-electron chi connectivity index (χ0n) is 19.3. The van der Waals surface area contributed by atoms with Crippen molar-refractivity contribution < 1.29 is 23.4 Å². The van der Waals surface area contributed by atoms with Crippen molar-refractivity contribution in [1.82, 2.24) is 14.8 Å². The molecule has 2 fully saturated rings. The molecule has 0 amide bonds. The third-order valence-electron chi connectivity index (χ3n) is 7.86. The molecule has 4 aromatic rings. The molecule has 1 saturated carbocycles. The lowest BCUT2D eigenvalue weighted by Gasteiger charge is -2.30. The van der Waals surface area contributed by atoms with Crippen LogP contribution in [0.15, 0.2) is 36.5 Å². The van der Waals surface area contributed by atoms with Gasteiger partial charge >= 0.3 is 5.97 Å². The summed E-state index contributed by atoms with van der Waals surface area (Å²) in [5.41, 5.74) is 4.76. The van der Waals surface area contributed by atoms with E-state index in [0.717, 1.165) is 53.2 Å². The quantitative estimate of drug-likeness (QED) is 0.374. The molecule has 1 saturated heterocycles. The van der Waals surface area contributed by atoms with Crippen molar-refractivity contribution in [2.75, 3.05) is 13.2 Å². The second-order valence-electron chi connectivity index (χ2n) is 9.83. The van der Waals surface area contributed by atoms with Crippen LogP contribution in [-0.4, -0.2) is 39.1 Å². The normalized spacial score (nSPS) is 21.7. The van der Waals surface area contributed by atoms with Gasteiger partial charge in [0.2, 0.25) is 0 Å². The molecule has 182 valence electrons. The number of carbonyl (C=O) groups is 1. The molecule has 8 heteroatoms. The van der Waals surface area contributed by atoms with Gasteiger partial charge in [-0.2, -0.15) is 5.10 Å². The van der Waals surface area contributed by atoms with E-state index in [1.807, 2.05) is 0 Å². The van der Waals surface area contributed by atoms with Gasteiger partial charge in [0, 0.05) is 47.4 Å². The Labute approximate surface area is 200 Å². The van der Waals surface area contributed by atoms with E-state index in [1.54, 1.807) is 12.3 Å². The summed E-state index contributed by atoms with van der Waals surface area (Å²) in [5.74, 6) is -2.39. The zero-order valence-corrected chi connectivity index (χ0v) is 19.3. The highest BCUT2D eigenvalue weighted by atomic mass is 19.2. The largest absolute Gasteiger partial charge is 0.481 e. The number of aromatic amines is 1. The highest BCUT2D eigenvalue weighted by molar-refractivity contribution is 5.99. The number of carboxylic acids is 1. The molecule has 2 aromatic carbocycles. The molecule has 2 N–H and O–H groups in total. The van der Waals surface area contributed by atoms with Crippen LogP contribution < -0.4 is 0 Å². The first kappa shape index (κ1) is 22.2. The van der Waals surface area contributed by atoms with E-state index < -0.39 is 17.6 Å². The predicted molar refractivity (Wildman–Crippen MR) is 128 cm³/mol. The van der Waals surface area contributed by atoms with Gasteiger partial charge in [-0.05, 0) is 74.3 Å². The van der Waals surface area contributed by atoms with E-state index >= 15 is 0 Å². The minimum atomic E-state index is -0.879. The molecular weight excluding hydrogens is 452 g/mol. The van der Waals surface area contributed by atoms with E-state index in [0.29, 0.717) is 31.7 Å². The van der Waals surface area contributed by atoms with Crippen molar-refractivity contribution in [2.45, 2.75) is 50.4 Å². The van der Waals surface area contributed by atoms with Gasteiger partial charge in [0.05, 0.1) is 23.1 Å². The monoisotopic (exact) mass is 479 g/mol. The average molecular weight is 480 g/mol. The summed E-state index contributed by atoms with van der Waals surface area (Å²) in [6.45, 7) is 1.31.